The van der Waals surface area contributed by atoms with Crippen LogP contribution in [-0.2, 0) is 6.18 Å². The van der Waals surface area contributed by atoms with Crippen molar-refractivity contribution in [2.24, 2.45) is 5.73 Å². The number of oxazole rings is 1. The summed E-state index contributed by atoms with van der Waals surface area (Å²) in [5, 5.41) is 0.324. The summed E-state index contributed by atoms with van der Waals surface area (Å²) in [5.41, 5.74) is 7.21. The number of nitrogens with zero attached hydrogens (tertiary/aromatic N) is 4. The molecule has 0 radical (unpaired) electrons. The molecule has 2 aromatic heterocycles. The molecule has 1 saturated heterocycles. The van der Waals surface area contributed by atoms with Crippen LogP contribution < -0.4 is 15.4 Å². The van der Waals surface area contributed by atoms with E-state index < -0.39 is 17.9 Å². The van der Waals surface area contributed by atoms with E-state index >= 15 is 0 Å². The maximum Gasteiger partial charge on any atom is 0.433 e. The lowest BCUT2D eigenvalue weighted by Crippen LogP contribution is -2.49. The van der Waals surface area contributed by atoms with E-state index in [1.54, 1.807) is 17.9 Å². The third kappa shape index (κ3) is 4.94. The zero-order chi connectivity index (χ0) is 28.6. The molecule has 5 rings (SSSR count). The van der Waals surface area contributed by atoms with Gasteiger partial charge in [-0.25, -0.2) is 9.97 Å². The van der Waals surface area contributed by atoms with Gasteiger partial charge in [-0.2, -0.15) is 13.2 Å². The van der Waals surface area contributed by atoms with E-state index in [2.05, 4.69) is 20.8 Å². The van der Waals surface area contributed by atoms with Crippen LogP contribution in [0.4, 0.5) is 18.9 Å². The first-order valence-electron chi connectivity index (χ1n) is 12.5. The topological polar surface area (TPSA) is 97.7 Å². The van der Waals surface area contributed by atoms with Gasteiger partial charge in [0.25, 0.3) is 5.91 Å². The Balaban J connectivity index is 1.47. The molecule has 0 aliphatic carbocycles. The number of carbonyl (C=O) groups excluding carboxylic acids is 1. The van der Waals surface area contributed by atoms with Gasteiger partial charge in [0.2, 0.25) is 5.89 Å². The molecule has 2 aromatic carbocycles. The number of alkyl halides is 3. The third-order valence-corrected chi connectivity index (χ3v) is 6.80. The van der Waals surface area contributed by atoms with Crippen LogP contribution in [0.25, 0.3) is 22.4 Å². The number of pyridine rings is 1. The Morgan fingerprint density at radius 2 is 1.82 bits per heavy atom. The van der Waals surface area contributed by atoms with Gasteiger partial charge in [0, 0.05) is 42.7 Å². The Morgan fingerprint density at radius 1 is 1.10 bits per heavy atom. The van der Waals surface area contributed by atoms with Gasteiger partial charge in [0.15, 0.2) is 11.5 Å². The number of halogens is 3. The van der Waals surface area contributed by atoms with Gasteiger partial charge < -0.3 is 24.7 Å². The predicted octanol–water partition coefficient (Wildman–Crippen LogP) is 4.88. The number of fused-ring (bicyclic) bond motifs is 1. The largest absolute Gasteiger partial charge is 0.494 e. The molecule has 0 saturated carbocycles. The van der Waals surface area contributed by atoms with Gasteiger partial charge >= 0.3 is 6.18 Å². The highest BCUT2D eigenvalue weighted by atomic mass is 19.4. The molecule has 0 unspecified atom stereocenters. The fraction of sp³-hybridized carbons (Fsp3) is 0.276. The molecule has 1 aliphatic rings. The second-order valence-corrected chi connectivity index (χ2v) is 9.37. The Kier molecular flexibility index (Phi) is 7.12. The highest BCUT2D eigenvalue weighted by Gasteiger charge is 2.34. The van der Waals surface area contributed by atoms with Crippen LogP contribution in [0.1, 0.15) is 40.5 Å². The number of hydrogen-bond donors (Lipinski definition) is 1. The number of terminal acetylenes is 1. The van der Waals surface area contributed by atoms with Crippen molar-refractivity contribution in [2.75, 3.05) is 38.2 Å². The van der Waals surface area contributed by atoms with Crippen LogP contribution >= 0.6 is 0 Å². The van der Waals surface area contributed by atoms with E-state index in [0.717, 1.165) is 17.3 Å². The van der Waals surface area contributed by atoms with Crippen molar-refractivity contribution in [3.8, 4) is 29.5 Å². The zero-order valence-corrected chi connectivity index (χ0v) is 21.8. The minimum atomic E-state index is -4.63. The number of carbonyl (C=O) groups is 1. The van der Waals surface area contributed by atoms with Gasteiger partial charge in [-0.1, -0.05) is 18.1 Å². The Labute approximate surface area is 228 Å². The lowest BCUT2D eigenvalue weighted by atomic mass is 10.1. The number of rotatable bonds is 5. The standard InChI is InChI=1S/C29H26F3N5O3/c1-4-18-7-5-6-8-21(18)36-13-15-37(16-14-36)28(38)25-26(17(2)33)40-27(35-25)20-9-11-22(39-3)24-19(20)10-12-23(34-24)29(30,31)32/h1,5-12,17H,13-16,33H2,2-3H3/t17-/m0/s1. The summed E-state index contributed by atoms with van der Waals surface area (Å²) in [4.78, 5) is 25.7. The van der Waals surface area contributed by atoms with E-state index in [-0.39, 0.29) is 34.5 Å². The summed E-state index contributed by atoms with van der Waals surface area (Å²) in [6.45, 7) is 3.65. The van der Waals surface area contributed by atoms with Gasteiger partial charge in [0.05, 0.1) is 18.8 Å². The molecule has 0 spiro atoms. The molecule has 206 valence electrons. The highest BCUT2D eigenvalue weighted by Crippen LogP contribution is 2.37. The number of para-hydroxylation sites is 1. The average Bonchev–Trinajstić information content (AvgIpc) is 3.41. The molecule has 1 aliphatic heterocycles. The molecule has 2 N–H and O–H groups in total. The molecular weight excluding hydrogens is 523 g/mol. The second kappa shape index (κ2) is 10.5. The van der Waals surface area contributed by atoms with E-state index in [9.17, 15) is 18.0 Å². The van der Waals surface area contributed by atoms with Crippen LogP contribution in [0.15, 0.2) is 52.9 Å². The van der Waals surface area contributed by atoms with Gasteiger partial charge in [-0.05, 0) is 43.3 Å². The molecule has 1 atom stereocenters. The number of hydrogen-bond acceptors (Lipinski definition) is 7. The van der Waals surface area contributed by atoms with Gasteiger partial charge in [-0.3, -0.25) is 4.79 Å². The molecular formula is C29H26F3N5O3. The first kappa shape index (κ1) is 27.0. The summed E-state index contributed by atoms with van der Waals surface area (Å²) < 4.78 is 51.2. The maximum atomic E-state index is 13.6. The Morgan fingerprint density at radius 3 is 2.48 bits per heavy atom. The molecule has 11 heteroatoms. The first-order chi connectivity index (χ1) is 19.1. The molecule has 1 amide bonds. The van der Waals surface area contributed by atoms with E-state index in [1.807, 2.05) is 24.3 Å². The average molecular weight is 550 g/mol. The summed E-state index contributed by atoms with van der Waals surface area (Å²) in [5.74, 6) is 2.74. The maximum absolute atomic E-state index is 13.6. The van der Waals surface area contributed by atoms with Crippen LogP contribution in [0.5, 0.6) is 5.75 Å². The number of benzene rings is 2. The Bertz CT molecular complexity index is 1620. The zero-order valence-electron chi connectivity index (χ0n) is 21.8. The molecule has 1 fully saturated rings. The number of ether oxygens (including phenoxy) is 1. The minimum absolute atomic E-state index is 0.00776. The number of piperazine rings is 1. The fourth-order valence-corrected chi connectivity index (χ4v) is 4.78. The van der Waals surface area contributed by atoms with Crippen LogP contribution in [0.2, 0.25) is 0 Å². The van der Waals surface area contributed by atoms with Crippen molar-refractivity contribution in [2.45, 2.75) is 19.1 Å². The first-order valence-corrected chi connectivity index (χ1v) is 12.5. The SMILES string of the molecule is C#Cc1ccccc1N1CCN(C(=O)c2nc(-c3ccc(OC)c4nc(C(F)(F)F)ccc34)oc2[C@H](C)N)CC1. The van der Waals surface area contributed by atoms with E-state index in [1.165, 1.54) is 19.2 Å². The van der Waals surface area contributed by atoms with Crippen molar-refractivity contribution in [1.82, 2.24) is 14.9 Å². The van der Waals surface area contributed by atoms with Crippen LogP contribution in [0, 0.1) is 12.3 Å². The summed E-state index contributed by atoms with van der Waals surface area (Å²) in [7, 11) is 1.34. The van der Waals surface area contributed by atoms with Crippen molar-refractivity contribution in [3.63, 3.8) is 0 Å². The molecule has 8 nitrogen and oxygen atoms in total. The quantitative estimate of drug-likeness (QED) is 0.355. The summed E-state index contributed by atoms with van der Waals surface area (Å²) in [6.07, 6.45) is 1.02. The van der Waals surface area contributed by atoms with Crippen LogP contribution in [-0.4, -0.2) is 54.1 Å². The number of aromatic nitrogens is 2. The number of nitrogens with two attached hydrogens (primary N) is 1. The summed E-state index contributed by atoms with van der Waals surface area (Å²) >= 11 is 0. The van der Waals surface area contributed by atoms with E-state index in [0.29, 0.717) is 37.1 Å². The normalized spacial score (nSPS) is 14.7. The molecule has 3 heterocycles. The molecule has 0 bridgehead atoms. The lowest BCUT2D eigenvalue weighted by Gasteiger charge is -2.36. The smallest absolute Gasteiger partial charge is 0.433 e. The van der Waals surface area contributed by atoms with Crippen molar-refractivity contribution < 1.29 is 27.1 Å². The van der Waals surface area contributed by atoms with Crippen molar-refractivity contribution in [1.29, 1.82) is 0 Å². The van der Waals surface area contributed by atoms with Crippen molar-refractivity contribution >= 4 is 22.5 Å². The highest BCUT2D eigenvalue weighted by molar-refractivity contribution is 5.98. The monoisotopic (exact) mass is 549 g/mol. The predicted molar refractivity (Wildman–Crippen MR) is 144 cm³/mol. The molecule has 4 aromatic rings. The number of amides is 1. The molecule has 40 heavy (non-hydrogen) atoms. The summed E-state index contributed by atoms with van der Waals surface area (Å²) in [6, 6.07) is 12.2. The van der Waals surface area contributed by atoms with Gasteiger partial charge in [-0.15, -0.1) is 6.42 Å². The minimum Gasteiger partial charge on any atom is -0.494 e. The fourth-order valence-electron chi connectivity index (χ4n) is 4.78. The van der Waals surface area contributed by atoms with Crippen LogP contribution in [0.3, 0.4) is 0 Å². The van der Waals surface area contributed by atoms with E-state index in [4.69, 9.17) is 21.3 Å². The Hall–Kier alpha value is -4.56. The van der Waals surface area contributed by atoms with Crippen molar-refractivity contribution in [3.05, 3.63) is 71.2 Å². The number of anilines is 1. The number of methoxy groups -OCH3 is 1. The lowest BCUT2D eigenvalue weighted by molar-refractivity contribution is -0.140. The second-order valence-electron chi connectivity index (χ2n) is 9.37. The van der Waals surface area contributed by atoms with Gasteiger partial charge in [0.1, 0.15) is 17.0 Å². The third-order valence-electron chi connectivity index (χ3n) is 6.80.